The molecular formula is C22H15F8N3O2S. The molecule has 14 heteroatoms. The average molecular weight is 537 g/mol. The van der Waals surface area contributed by atoms with Crippen LogP contribution in [-0.2, 0) is 16.9 Å². The fourth-order valence-electron chi connectivity index (χ4n) is 2.99. The lowest BCUT2D eigenvalue weighted by Crippen LogP contribution is -2.42. The number of hydrogen-bond donors (Lipinski definition) is 3. The Morgan fingerprint density at radius 2 is 1.56 bits per heavy atom. The van der Waals surface area contributed by atoms with Crippen LogP contribution in [0.3, 0.4) is 0 Å². The average Bonchev–Trinajstić information content (AvgIpc) is 3.31. The van der Waals surface area contributed by atoms with Crippen molar-refractivity contribution in [2.45, 2.75) is 18.3 Å². The van der Waals surface area contributed by atoms with Gasteiger partial charge in [0.2, 0.25) is 0 Å². The molecule has 0 saturated carbocycles. The maximum atomic E-state index is 14.6. The van der Waals surface area contributed by atoms with Crippen molar-refractivity contribution in [1.29, 1.82) is 0 Å². The van der Waals surface area contributed by atoms with Gasteiger partial charge in [0.25, 0.3) is 5.91 Å². The highest BCUT2D eigenvalue weighted by molar-refractivity contribution is 7.08. The van der Waals surface area contributed by atoms with Crippen molar-refractivity contribution in [2.75, 3.05) is 17.2 Å². The number of hydrogen-bond acceptors (Lipinski definition) is 3. The van der Waals surface area contributed by atoms with Gasteiger partial charge in [-0.3, -0.25) is 4.79 Å². The number of nitrogens with one attached hydrogen (secondary N) is 3. The molecule has 3 rings (SSSR count). The van der Waals surface area contributed by atoms with Crippen LogP contribution in [0.4, 0.5) is 51.3 Å². The second kappa shape index (κ2) is 10.1. The van der Waals surface area contributed by atoms with Crippen LogP contribution in [0.2, 0.25) is 0 Å². The van der Waals surface area contributed by atoms with E-state index in [0.717, 1.165) is 29.6 Å². The van der Waals surface area contributed by atoms with Crippen molar-refractivity contribution in [3.63, 3.8) is 0 Å². The lowest BCUT2D eigenvalue weighted by Gasteiger charge is -2.19. The summed E-state index contributed by atoms with van der Waals surface area (Å²) in [6.45, 7) is -1.97. The fourth-order valence-corrected chi connectivity index (χ4v) is 3.65. The third kappa shape index (κ3) is 6.71. The van der Waals surface area contributed by atoms with Crippen molar-refractivity contribution >= 4 is 34.6 Å². The van der Waals surface area contributed by atoms with Crippen LogP contribution < -0.4 is 16.0 Å². The molecule has 0 spiro atoms. The zero-order chi connectivity index (χ0) is 26.7. The summed E-state index contributed by atoms with van der Waals surface area (Å²) in [4.78, 5) is 24.2. The molecule has 2 aromatic carbocycles. The first-order valence-corrected chi connectivity index (χ1v) is 10.8. The first-order valence-electron chi connectivity index (χ1n) is 9.82. The SMILES string of the molecule is O=C(Nc1cccc(C(F)(F)F)c1)Nc1cc(C(F)(F)C(=O)NCC(F)(F)F)ccc1-c1ccsc1. The number of halogens is 8. The highest BCUT2D eigenvalue weighted by Crippen LogP contribution is 2.37. The predicted molar refractivity (Wildman–Crippen MR) is 117 cm³/mol. The van der Waals surface area contributed by atoms with Gasteiger partial charge in [0, 0.05) is 16.8 Å². The molecule has 0 aliphatic carbocycles. The molecule has 0 radical (unpaired) electrons. The van der Waals surface area contributed by atoms with E-state index in [4.69, 9.17) is 0 Å². The van der Waals surface area contributed by atoms with Crippen molar-refractivity contribution in [1.82, 2.24) is 5.32 Å². The quantitative estimate of drug-likeness (QED) is 0.301. The predicted octanol–water partition coefficient (Wildman–Crippen LogP) is 6.85. The van der Waals surface area contributed by atoms with Crippen LogP contribution in [0.5, 0.6) is 0 Å². The topological polar surface area (TPSA) is 70.2 Å². The van der Waals surface area contributed by atoms with Crippen molar-refractivity contribution in [2.24, 2.45) is 0 Å². The molecule has 3 aromatic rings. The van der Waals surface area contributed by atoms with Gasteiger partial charge in [-0.1, -0.05) is 18.2 Å². The lowest BCUT2D eigenvalue weighted by atomic mass is 10.00. The molecular weight excluding hydrogens is 522 g/mol. The molecule has 5 nitrogen and oxygen atoms in total. The number of rotatable bonds is 6. The van der Waals surface area contributed by atoms with Gasteiger partial charge in [-0.05, 0) is 46.7 Å². The number of carbonyl (C=O) groups is 2. The van der Waals surface area contributed by atoms with Crippen molar-refractivity contribution in [3.05, 3.63) is 70.4 Å². The summed E-state index contributed by atoms with van der Waals surface area (Å²) < 4.78 is 105. The summed E-state index contributed by atoms with van der Waals surface area (Å²) >= 11 is 1.24. The Morgan fingerprint density at radius 1 is 0.833 bits per heavy atom. The lowest BCUT2D eigenvalue weighted by molar-refractivity contribution is -0.156. The number of urea groups is 1. The van der Waals surface area contributed by atoms with Crippen LogP contribution in [0.15, 0.2) is 59.3 Å². The summed E-state index contributed by atoms with van der Waals surface area (Å²) in [7, 11) is 0. The maximum Gasteiger partial charge on any atom is 0.416 e. The molecule has 0 unspecified atom stereocenters. The van der Waals surface area contributed by atoms with Gasteiger partial charge in [0.05, 0.1) is 11.3 Å². The standard InChI is InChI=1S/C22H15F8N3O2S/c23-20(24,25)11-31-18(34)21(26,27)13-4-5-16(12-6-7-36-10-12)17(9-13)33-19(35)32-15-3-1-2-14(8-15)22(28,29)30/h1-10H,11H2,(H,31,34)(H2,32,33,35). The number of benzene rings is 2. The van der Waals surface area contributed by atoms with Gasteiger partial charge in [-0.15, -0.1) is 0 Å². The Kier molecular flexibility index (Phi) is 7.57. The third-order valence-electron chi connectivity index (χ3n) is 4.64. The fraction of sp³-hybridized carbons (Fsp3) is 0.182. The molecule has 0 fully saturated rings. The first-order chi connectivity index (χ1) is 16.7. The van der Waals surface area contributed by atoms with E-state index >= 15 is 0 Å². The Hall–Kier alpha value is -3.68. The second-order valence-corrected chi connectivity index (χ2v) is 8.08. The number of amides is 3. The minimum atomic E-state index is -4.91. The molecule has 3 amide bonds. The second-order valence-electron chi connectivity index (χ2n) is 7.30. The van der Waals surface area contributed by atoms with E-state index in [1.54, 1.807) is 16.8 Å². The molecule has 3 N–H and O–H groups in total. The normalized spacial score (nSPS) is 12.2. The monoisotopic (exact) mass is 537 g/mol. The van der Waals surface area contributed by atoms with Crippen LogP contribution in [-0.4, -0.2) is 24.7 Å². The maximum absolute atomic E-state index is 14.6. The third-order valence-corrected chi connectivity index (χ3v) is 5.33. The van der Waals surface area contributed by atoms with E-state index in [1.807, 2.05) is 0 Å². The van der Waals surface area contributed by atoms with E-state index in [-0.39, 0.29) is 16.9 Å². The zero-order valence-electron chi connectivity index (χ0n) is 17.7. The molecule has 0 saturated heterocycles. The smallest absolute Gasteiger partial charge is 0.341 e. The molecule has 1 aromatic heterocycles. The van der Waals surface area contributed by atoms with Crippen LogP contribution in [0.1, 0.15) is 11.1 Å². The summed E-state index contributed by atoms with van der Waals surface area (Å²) in [6.07, 6.45) is -9.59. The Morgan fingerprint density at radius 3 is 2.17 bits per heavy atom. The van der Waals surface area contributed by atoms with Crippen LogP contribution in [0.25, 0.3) is 11.1 Å². The molecule has 0 aliphatic rings. The van der Waals surface area contributed by atoms with Crippen LogP contribution >= 0.6 is 11.3 Å². The Balaban J connectivity index is 1.89. The van der Waals surface area contributed by atoms with E-state index in [1.165, 1.54) is 17.4 Å². The Bertz CT molecular complexity index is 1240. The van der Waals surface area contributed by atoms with E-state index in [9.17, 15) is 44.7 Å². The van der Waals surface area contributed by atoms with Gasteiger partial charge in [0.15, 0.2) is 0 Å². The van der Waals surface area contributed by atoms with Gasteiger partial charge < -0.3 is 16.0 Å². The van der Waals surface area contributed by atoms with E-state index in [2.05, 4.69) is 10.6 Å². The summed E-state index contributed by atoms with van der Waals surface area (Å²) in [5.74, 6) is -6.60. The summed E-state index contributed by atoms with van der Waals surface area (Å²) in [5.41, 5.74) is -1.87. The Labute approximate surface area is 202 Å². The summed E-state index contributed by atoms with van der Waals surface area (Å²) in [6, 6.07) is 6.81. The molecule has 1 heterocycles. The minimum Gasteiger partial charge on any atom is -0.341 e. The van der Waals surface area contributed by atoms with Gasteiger partial charge >= 0.3 is 24.3 Å². The van der Waals surface area contributed by atoms with Crippen molar-refractivity contribution < 1.29 is 44.7 Å². The van der Waals surface area contributed by atoms with Gasteiger partial charge in [0.1, 0.15) is 6.54 Å². The largest absolute Gasteiger partial charge is 0.416 e. The zero-order valence-corrected chi connectivity index (χ0v) is 18.5. The number of anilines is 2. The number of thiophene rings is 1. The molecule has 36 heavy (non-hydrogen) atoms. The van der Waals surface area contributed by atoms with Gasteiger partial charge in [-0.2, -0.15) is 46.5 Å². The number of carbonyl (C=O) groups excluding carboxylic acids is 2. The van der Waals surface area contributed by atoms with E-state index in [0.29, 0.717) is 17.7 Å². The van der Waals surface area contributed by atoms with E-state index < -0.39 is 47.9 Å². The summed E-state index contributed by atoms with van der Waals surface area (Å²) in [5, 5.41) is 8.76. The molecule has 0 bridgehead atoms. The van der Waals surface area contributed by atoms with Crippen molar-refractivity contribution in [3.8, 4) is 11.1 Å². The first kappa shape index (κ1) is 26.9. The molecule has 0 aliphatic heterocycles. The molecule has 0 atom stereocenters. The van der Waals surface area contributed by atoms with Gasteiger partial charge in [-0.25, -0.2) is 4.79 Å². The van der Waals surface area contributed by atoms with Crippen LogP contribution in [0, 0.1) is 0 Å². The molecule has 192 valence electrons. The highest BCUT2D eigenvalue weighted by Gasteiger charge is 2.43. The number of alkyl halides is 8. The minimum absolute atomic E-state index is 0.214. The highest BCUT2D eigenvalue weighted by atomic mass is 32.1.